The third-order valence-corrected chi connectivity index (χ3v) is 9.87. The van der Waals surface area contributed by atoms with Gasteiger partial charge in [0.15, 0.2) is 0 Å². The number of aromatic carboxylic acids is 1. The molecule has 3 aromatic carbocycles. The maximum atomic E-state index is 12.7. The van der Waals surface area contributed by atoms with Crippen LogP contribution in [-0.2, 0) is 27.1 Å². The van der Waals surface area contributed by atoms with Gasteiger partial charge in [-0.2, -0.15) is 5.10 Å². The Kier molecular flexibility index (Phi) is 9.13. The summed E-state index contributed by atoms with van der Waals surface area (Å²) in [6.45, 7) is 3.29. The average Bonchev–Trinajstić information content (AvgIpc) is 3.48. The molecule has 11 heteroatoms. The summed E-state index contributed by atoms with van der Waals surface area (Å²) in [5.74, 6) is 0.462. The van der Waals surface area contributed by atoms with Gasteiger partial charge in [0.2, 0.25) is 0 Å². The molecule has 0 spiro atoms. The Morgan fingerprint density at radius 1 is 1.13 bits per heavy atom. The lowest BCUT2D eigenvalue weighted by molar-refractivity contribution is 0.0685. The van der Waals surface area contributed by atoms with Gasteiger partial charge in [-0.1, -0.05) is 41.9 Å². The van der Waals surface area contributed by atoms with Gasteiger partial charge in [-0.25, -0.2) is 4.79 Å². The molecule has 46 heavy (non-hydrogen) atoms. The van der Waals surface area contributed by atoms with Gasteiger partial charge in [0.1, 0.15) is 11.4 Å². The van der Waals surface area contributed by atoms with Gasteiger partial charge in [-0.15, -0.1) is 11.8 Å². The molecule has 6 bridgehead atoms. The Morgan fingerprint density at radius 2 is 1.93 bits per heavy atom. The number of aromatic nitrogens is 3. The van der Waals surface area contributed by atoms with Crippen molar-refractivity contribution in [1.82, 2.24) is 19.7 Å². The number of aryl methyl sites for hydroxylation is 3. The van der Waals surface area contributed by atoms with Crippen molar-refractivity contribution >= 4 is 56.7 Å². The first kappa shape index (κ1) is 31.7. The van der Waals surface area contributed by atoms with Gasteiger partial charge in [-0.3, -0.25) is 9.67 Å². The molecule has 1 aliphatic heterocycles. The average molecular weight is 657 g/mol. The Bertz CT molecular complexity index is 2040. The van der Waals surface area contributed by atoms with E-state index in [1.165, 1.54) is 0 Å². The molecular weight excluding hydrogens is 620 g/mol. The summed E-state index contributed by atoms with van der Waals surface area (Å²) in [4.78, 5) is 18.3. The fourth-order valence-electron chi connectivity index (χ4n) is 6.29. The summed E-state index contributed by atoms with van der Waals surface area (Å²) in [6, 6.07) is 16.2. The smallest absolute Gasteiger partial charge is 0.352 e. The van der Waals surface area contributed by atoms with Crippen LogP contribution in [0.1, 0.15) is 33.9 Å². The number of thioether (sulfide) groups is 1. The Morgan fingerprint density at radius 3 is 2.72 bits per heavy atom. The van der Waals surface area contributed by atoms with E-state index in [1.807, 2.05) is 49.0 Å². The number of hydrogen-bond donors (Lipinski definition) is 3. The van der Waals surface area contributed by atoms with Gasteiger partial charge in [0.25, 0.3) is 0 Å². The Labute approximate surface area is 277 Å². The second-order valence-corrected chi connectivity index (χ2v) is 12.9. The summed E-state index contributed by atoms with van der Waals surface area (Å²) < 4.78 is 9.99. The number of aliphatic imine (C=N–C) groups is 1. The summed E-state index contributed by atoms with van der Waals surface area (Å²) in [5.41, 5.74) is 13.1. The minimum Gasteiger partial charge on any atom is -0.493 e. The standard InChI is InChI=1S/C35H37ClN6O3S/c1-20-31-29(40-42(20)4)18-39-17-22(37)15-23(38-2)19-46-24-14-21-8-5-6-9-25(21)30(16-24)45-13-7-10-26-27-11-12-28(36)32(31)33(27)41(3)34(26)35(43)44/h5-6,8-9,11-12,14-16,39H,7,10,13,17-19,37H2,1-4H3,(H,43,44). The maximum Gasteiger partial charge on any atom is 0.352 e. The molecule has 0 amide bonds. The molecule has 0 saturated carbocycles. The fraction of sp³-hybridized carbons (Fsp3) is 0.286. The molecule has 6 rings (SSSR count). The molecule has 0 atom stereocenters. The zero-order valence-electron chi connectivity index (χ0n) is 26.4. The van der Waals surface area contributed by atoms with Gasteiger partial charge >= 0.3 is 5.97 Å². The number of carboxylic acid groups (broad SMARTS) is 1. The van der Waals surface area contributed by atoms with E-state index in [0.29, 0.717) is 49.0 Å². The summed E-state index contributed by atoms with van der Waals surface area (Å²) in [5, 5.41) is 22.2. The summed E-state index contributed by atoms with van der Waals surface area (Å²) in [6.07, 6.45) is 3.07. The van der Waals surface area contributed by atoms with Crippen LogP contribution < -0.4 is 15.8 Å². The van der Waals surface area contributed by atoms with Crippen molar-refractivity contribution in [3.63, 3.8) is 0 Å². The van der Waals surface area contributed by atoms with Crippen molar-refractivity contribution < 1.29 is 14.6 Å². The van der Waals surface area contributed by atoms with Crippen molar-refractivity contribution in [2.24, 2.45) is 24.8 Å². The first-order valence-electron chi connectivity index (χ1n) is 15.1. The largest absolute Gasteiger partial charge is 0.493 e. The molecule has 0 radical (unpaired) electrons. The number of nitrogens with one attached hydrogen (secondary N) is 1. The van der Waals surface area contributed by atoms with Crippen LogP contribution in [0.15, 0.2) is 70.2 Å². The van der Waals surface area contributed by atoms with Crippen molar-refractivity contribution in [1.29, 1.82) is 0 Å². The van der Waals surface area contributed by atoms with E-state index < -0.39 is 5.97 Å². The second kappa shape index (κ2) is 13.2. The van der Waals surface area contributed by atoms with Crippen LogP contribution in [-0.4, -0.2) is 57.1 Å². The first-order valence-corrected chi connectivity index (χ1v) is 16.5. The molecule has 4 N–H and O–H groups in total. The lowest BCUT2D eigenvalue weighted by atomic mass is 9.98. The number of carboxylic acids is 1. The number of hydrogen-bond acceptors (Lipinski definition) is 7. The van der Waals surface area contributed by atoms with Gasteiger partial charge in [0, 0.05) is 83.9 Å². The number of fused-ring (bicyclic) bond motifs is 6. The molecular formula is C35H37ClN6O3S. The third kappa shape index (κ3) is 6.00. The highest BCUT2D eigenvalue weighted by Gasteiger charge is 2.27. The second-order valence-electron chi connectivity index (χ2n) is 11.5. The normalized spacial score (nSPS) is 15.8. The molecule has 1 aliphatic rings. The minimum absolute atomic E-state index is 0.247. The lowest BCUT2D eigenvalue weighted by Gasteiger charge is -2.13. The zero-order chi connectivity index (χ0) is 32.5. The van der Waals surface area contributed by atoms with Crippen LogP contribution in [0.25, 0.3) is 32.8 Å². The highest BCUT2D eigenvalue weighted by atomic mass is 35.5. The minimum atomic E-state index is -0.982. The van der Waals surface area contributed by atoms with E-state index in [4.69, 9.17) is 27.2 Å². The number of nitrogens with zero attached hydrogens (tertiary/aromatic N) is 4. The molecule has 3 heterocycles. The molecule has 2 aromatic heterocycles. The van der Waals surface area contributed by atoms with Crippen molar-refractivity contribution in [2.75, 3.05) is 26.0 Å². The maximum absolute atomic E-state index is 12.7. The Balaban J connectivity index is 1.48. The predicted octanol–water partition coefficient (Wildman–Crippen LogP) is 6.51. The van der Waals surface area contributed by atoms with Crippen LogP contribution in [0, 0.1) is 6.92 Å². The van der Waals surface area contributed by atoms with Crippen LogP contribution in [0.2, 0.25) is 5.02 Å². The molecule has 238 valence electrons. The van der Waals surface area contributed by atoms with E-state index >= 15 is 0 Å². The molecule has 9 nitrogen and oxygen atoms in total. The lowest BCUT2D eigenvalue weighted by Crippen LogP contribution is -2.22. The third-order valence-electron chi connectivity index (χ3n) is 8.54. The number of carbonyl (C=O) groups is 1. The quantitative estimate of drug-likeness (QED) is 0.188. The highest BCUT2D eigenvalue weighted by Crippen LogP contribution is 2.42. The zero-order valence-corrected chi connectivity index (χ0v) is 27.9. The first-order chi connectivity index (χ1) is 22.2. The van der Waals surface area contributed by atoms with Crippen LogP contribution in [0.3, 0.4) is 0 Å². The van der Waals surface area contributed by atoms with Crippen molar-refractivity contribution in [2.45, 2.75) is 31.2 Å². The van der Waals surface area contributed by atoms with Gasteiger partial charge in [-0.05, 0) is 55.0 Å². The number of allylic oxidation sites excluding steroid dienone is 1. The van der Waals surface area contributed by atoms with Crippen molar-refractivity contribution in [3.8, 4) is 16.9 Å². The molecule has 0 aliphatic carbocycles. The van der Waals surface area contributed by atoms with E-state index in [0.717, 1.165) is 66.1 Å². The monoisotopic (exact) mass is 656 g/mol. The number of benzene rings is 3. The van der Waals surface area contributed by atoms with Crippen LogP contribution in [0.5, 0.6) is 5.75 Å². The van der Waals surface area contributed by atoms with E-state index in [1.54, 1.807) is 30.4 Å². The van der Waals surface area contributed by atoms with E-state index in [9.17, 15) is 9.90 Å². The van der Waals surface area contributed by atoms with Gasteiger partial charge < -0.3 is 25.5 Å². The molecule has 0 unspecified atom stereocenters. The molecule has 5 aromatic rings. The molecule has 0 saturated heterocycles. The molecule has 0 fully saturated rings. The SMILES string of the molecule is CN=C1C=C(N)CNCc2nn(C)c(C)c2-c2c(Cl)ccc3c(c(C(=O)O)n(C)c23)CCCOc2cc(cc3ccccc23)SC1. The Hall–Kier alpha value is -4.25. The number of rotatable bonds is 1. The van der Waals surface area contributed by atoms with Gasteiger partial charge in [0.05, 0.1) is 22.8 Å². The highest BCUT2D eigenvalue weighted by molar-refractivity contribution is 8.00. The number of ether oxygens (including phenoxy) is 1. The fourth-order valence-corrected chi connectivity index (χ4v) is 7.47. The van der Waals surface area contributed by atoms with E-state index in [2.05, 4.69) is 34.6 Å². The van der Waals surface area contributed by atoms with Crippen LogP contribution in [0.4, 0.5) is 0 Å². The van der Waals surface area contributed by atoms with E-state index in [-0.39, 0.29) is 5.69 Å². The topological polar surface area (TPSA) is 120 Å². The van der Waals surface area contributed by atoms with Crippen LogP contribution >= 0.6 is 23.4 Å². The summed E-state index contributed by atoms with van der Waals surface area (Å²) in [7, 11) is 5.47. The predicted molar refractivity (Wildman–Crippen MR) is 188 cm³/mol. The summed E-state index contributed by atoms with van der Waals surface area (Å²) >= 11 is 8.62. The number of halogens is 1. The van der Waals surface area contributed by atoms with Crippen molar-refractivity contribution in [3.05, 3.63) is 88.0 Å². The number of nitrogens with two attached hydrogens (primary N) is 1.